The molecule has 2 aliphatic heterocycles. The van der Waals surface area contributed by atoms with Crippen LogP contribution in [0.2, 0.25) is 0 Å². The van der Waals surface area contributed by atoms with E-state index < -0.39 is 12.0 Å². The van der Waals surface area contributed by atoms with Gasteiger partial charge in [0.2, 0.25) is 0 Å². The quantitative estimate of drug-likeness (QED) is 0.775. The molecule has 2 aliphatic rings. The van der Waals surface area contributed by atoms with Gasteiger partial charge in [-0.25, -0.2) is 9.59 Å². The standard InChI is InChI=1S/C20H27N3O4/c1-26-15-9-7-14(8-10-15)18-17(19(24)27-2)16(21-20(25)22-18)13-23-11-5-3-4-6-12-23/h7-10,18H,3-6,11-13H2,1-2H3,(H2,21,22,25). The molecule has 1 fully saturated rings. The van der Waals surface area contributed by atoms with E-state index in [9.17, 15) is 9.59 Å². The van der Waals surface area contributed by atoms with Crippen LogP contribution in [0.25, 0.3) is 0 Å². The number of methoxy groups -OCH3 is 2. The summed E-state index contributed by atoms with van der Waals surface area (Å²) < 4.78 is 10.2. The number of urea groups is 1. The van der Waals surface area contributed by atoms with E-state index in [1.54, 1.807) is 7.11 Å². The molecule has 27 heavy (non-hydrogen) atoms. The van der Waals surface area contributed by atoms with Crippen molar-refractivity contribution in [1.29, 1.82) is 0 Å². The summed E-state index contributed by atoms with van der Waals surface area (Å²) in [5.41, 5.74) is 1.87. The second kappa shape index (κ2) is 8.90. The fourth-order valence-corrected chi connectivity index (χ4v) is 3.66. The van der Waals surface area contributed by atoms with Crippen molar-refractivity contribution in [3.8, 4) is 5.75 Å². The number of nitrogens with zero attached hydrogens (tertiary/aromatic N) is 1. The molecular formula is C20H27N3O4. The van der Waals surface area contributed by atoms with Crippen molar-refractivity contribution < 1.29 is 19.1 Å². The zero-order valence-corrected chi connectivity index (χ0v) is 15.9. The number of ether oxygens (including phenoxy) is 2. The molecule has 7 nitrogen and oxygen atoms in total. The van der Waals surface area contributed by atoms with Gasteiger partial charge in [0, 0.05) is 12.2 Å². The van der Waals surface area contributed by atoms with Gasteiger partial charge in [-0.1, -0.05) is 25.0 Å². The Morgan fingerprint density at radius 3 is 2.37 bits per heavy atom. The maximum absolute atomic E-state index is 12.6. The van der Waals surface area contributed by atoms with Crippen molar-refractivity contribution in [3.63, 3.8) is 0 Å². The van der Waals surface area contributed by atoms with Crippen molar-refractivity contribution in [3.05, 3.63) is 41.1 Å². The molecule has 3 rings (SSSR count). The summed E-state index contributed by atoms with van der Waals surface area (Å²) in [4.78, 5) is 27.2. The Hall–Kier alpha value is -2.54. The molecule has 0 radical (unpaired) electrons. The first-order chi connectivity index (χ1) is 13.1. The van der Waals surface area contributed by atoms with E-state index in [2.05, 4.69) is 15.5 Å². The SMILES string of the molecule is COC(=O)C1=C(CN2CCCCCC2)NC(=O)NC1c1ccc(OC)cc1. The van der Waals surface area contributed by atoms with Crippen LogP contribution in [-0.4, -0.2) is 50.8 Å². The van der Waals surface area contributed by atoms with Crippen molar-refractivity contribution in [2.75, 3.05) is 33.9 Å². The van der Waals surface area contributed by atoms with Gasteiger partial charge in [-0.15, -0.1) is 0 Å². The Kier molecular flexibility index (Phi) is 6.34. The van der Waals surface area contributed by atoms with Gasteiger partial charge in [-0.3, -0.25) is 4.90 Å². The second-order valence-corrected chi connectivity index (χ2v) is 6.88. The number of hydrogen-bond donors (Lipinski definition) is 2. The van der Waals surface area contributed by atoms with Crippen molar-refractivity contribution in [2.24, 2.45) is 0 Å². The fourth-order valence-electron chi connectivity index (χ4n) is 3.66. The van der Waals surface area contributed by atoms with Crippen molar-refractivity contribution in [1.82, 2.24) is 15.5 Å². The second-order valence-electron chi connectivity index (χ2n) is 6.88. The van der Waals surface area contributed by atoms with Crippen LogP contribution in [0.3, 0.4) is 0 Å². The maximum atomic E-state index is 12.6. The van der Waals surface area contributed by atoms with Gasteiger partial charge in [0.15, 0.2) is 0 Å². The lowest BCUT2D eigenvalue weighted by Gasteiger charge is -2.31. The van der Waals surface area contributed by atoms with Gasteiger partial charge in [0.25, 0.3) is 0 Å². The topological polar surface area (TPSA) is 79.9 Å². The van der Waals surface area contributed by atoms with Gasteiger partial charge in [-0.2, -0.15) is 0 Å². The maximum Gasteiger partial charge on any atom is 0.338 e. The normalized spacial score (nSPS) is 21.1. The van der Waals surface area contributed by atoms with Crippen LogP contribution < -0.4 is 15.4 Å². The Morgan fingerprint density at radius 1 is 1.11 bits per heavy atom. The van der Waals surface area contributed by atoms with E-state index >= 15 is 0 Å². The average molecular weight is 373 g/mol. The van der Waals surface area contributed by atoms with Crippen LogP contribution in [0.1, 0.15) is 37.3 Å². The number of benzene rings is 1. The van der Waals surface area contributed by atoms with Crippen molar-refractivity contribution in [2.45, 2.75) is 31.7 Å². The van der Waals surface area contributed by atoms with E-state index in [1.165, 1.54) is 20.0 Å². The van der Waals surface area contributed by atoms with Crippen LogP contribution in [0.4, 0.5) is 4.79 Å². The largest absolute Gasteiger partial charge is 0.497 e. The molecular weight excluding hydrogens is 346 g/mol. The molecule has 1 aromatic carbocycles. The Bertz CT molecular complexity index is 706. The van der Waals surface area contributed by atoms with Gasteiger partial charge >= 0.3 is 12.0 Å². The van der Waals surface area contributed by atoms with Gasteiger partial charge < -0.3 is 20.1 Å². The van der Waals surface area contributed by atoms with Crippen LogP contribution in [0, 0.1) is 0 Å². The highest BCUT2D eigenvalue weighted by molar-refractivity contribution is 5.95. The third-order valence-electron chi connectivity index (χ3n) is 5.09. The fraction of sp³-hybridized carbons (Fsp3) is 0.500. The predicted molar refractivity (Wildman–Crippen MR) is 101 cm³/mol. The molecule has 0 aromatic heterocycles. The summed E-state index contributed by atoms with van der Waals surface area (Å²) in [7, 11) is 2.96. The number of carbonyl (C=O) groups is 2. The third kappa shape index (κ3) is 4.60. The highest BCUT2D eigenvalue weighted by Crippen LogP contribution is 2.29. The van der Waals surface area contributed by atoms with Crippen LogP contribution in [0.5, 0.6) is 5.75 Å². The summed E-state index contributed by atoms with van der Waals surface area (Å²) in [6.45, 7) is 2.47. The minimum atomic E-state index is -0.556. The average Bonchev–Trinajstić information content (AvgIpc) is 2.96. The summed E-state index contributed by atoms with van der Waals surface area (Å²) in [5.74, 6) is 0.278. The first-order valence-electron chi connectivity index (χ1n) is 9.37. The molecule has 2 heterocycles. The lowest BCUT2D eigenvalue weighted by atomic mass is 9.95. The zero-order valence-electron chi connectivity index (χ0n) is 15.9. The minimum Gasteiger partial charge on any atom is -0.497 e. The Labute approximate surface area is 159 Å². The number of nitrogens with one attached hydrogen (secondary N) is 2. The first kappa shape index (κ1) is 19.2. The van der Waals surface area contributed by atoms with Crippen LogP contribution in [-0.2, 0) is 9.53 Å². The van der Waals surface area contributed by atoms with E-state index in [0.717, 1.165) is 31.5 Å². The molecule has 1 unspecified atom stereocenters. The monoisotopic (exact) mass is 373 g/mol. The lowest BCUT2D eigenvalue weighted by molar-refractivity contribution is -0.136. The summed E-state index contributed by atoms with van der Waals surface area (Å²) in [6.07, 6.45) is 4.72. The molecule has 0 aliphatic carbocycles. The Balaban J connectivity index is 1.94. The van der Waals surface area contributed by atoms with E-state index in [1.807, 2.05) is 24.3 Å². The molecule has 146 valence electrons. The van der Waals surface area contributed by atoms with Crippen molar-refractivity contribution >= 4 is 12.0 Å². The number of esters is 1. The van der Waals surface area contributed by atoms with Gasteiger partial charge in [0.05, 0.1) is 25.8 Å². The highest BCUT2D eigenvalue weighted by atomic mass is 16.5. The Morgan fingerprint density at radius 2 is 1.78 bits per heavy atom. The molecule has 1 atom stereocenters. The summed E-state index contributed by atoms with van der Waals surface area (Å²) in [5, 5.41) is 5.68. The summed E-state index contributed by atoms with van der Waals surface area (Å²) >= 11 is 0. The van der Waals surface area contributed by atoms with E-state index in [-0.39, 0.29) is 6.03 Å². The van der Waals surface area contributed by atoms with Gasteiger partial charge in [-0.05, 0) is 43.6 Å². The van der Waals surface area contributed by atoms with Crippen LogP contribution >= 0.6 is 0 Å². The molecule has 1 aromatic rings. The molecule has 7 heteroatoms. The smallest absolute Gasteiger partial charge is 0.338 e. The molecule has 2 N–H and O–H groups in total. The minimum absolute atomic E-state index is 0.312. The number of carbonyl (C=O) groups excluding carboxylic acids is 2. The van der Waals surface area contributed by atoms with E-state index in [0.29, 0.717) is 23.6 Å². The number of likely N-dealkylation sites (tertiary alicyclic amines) is 1. The zero-order chi connectivity index (χ0) is 19.2. The predicted octanol–water partition coefficient (Wildman–Crippen LogP) is 2.35. The van der Waals surface area contributed by atoms with E-state index in [4.69, 9.17) is 9.47 Å². The summed E-state index contributed by atoms with van der Waals surface area (Å²) in [6, 6.07) is 6.45. The van der Waals surface area contributed by atoms with Crippen LogP contribution in [0.15, 0.2) is 35.5 Å². The lowest BCUT2D eigenvalue weighted by Crippen LogP contribution is -2.48. The number of hydrogen-bond acceptors (Lipinski definition) is 5. The number of rotatable bonds is 5. The first-order valence-corrected chi connectivity index (χ1v) is 9.37. The molecule has 2 amide bonds. The highest BCUT2D eigenvalue weighted by Gasteiger charge is 2.34. The molecule has 0 bridgehead atoms. The molecule has 0 spiro atoms. The third-order valence-corrected chi connectivity index (χ3v) is 5.09. The molecule has 1 saturated heterocycles. The molecule has 0 saturated carbocycles. The van der Waals surface area contributed by atoms with Gasteiger partial charge in [0.1, 0.15) is 5.75 Å². The number of amides is 2.